The van der Waals surface area contributed by atoms with E-state index in [1.54, 1.807) is 0 Å². The third-order valence-corrected chi connectivity index (χ3v) is 4.46. The molecule has 3 rings (SSSR count). The van der Waals surface area contributed by atoms with Crippen LogP contribution >= 0.6 is 0 Å². The number of carbonyl (C=O) groups is 2. The van der Waals surface area contributed by atoms with Crippen LogP contribution in [0.15, 0.2) is 36.4 Å². The highest BCUT2D eigenvalue weighted by Crippen LogP contribution is 2.37. The molecule has 0 saturated carbocycles. The number of anilines is 2. The molecule has 1 aliphatic heterocycles. The van der Waals surface area contributed by atoms with E-state index >= 15 is 0 Å². The number of fused-ring (bicyclic) bond motifs is 1. The van der Waals surface area contributed by atoms with Crippen molar-refractivity contribution in [2.24, 2.45) is 0 Å². The summed E-state index contributed by atoms with van der Waals surface area (Å²) in [6.45, 7) is 1.82. The van der Waals surface area contributed by atoms with Gasteiger partial charge in [0.15, 0.2) is 0 Å². The monoisotopic (exact) mass is 416 g/mol. The number of hydrogen-bond acceptors (Lipinski definition) is 2. The third kappa shape index (κ3) is 4.36. The van der Waals surface area contributed by atoms with Gasteiger partial charge in [0, 0.05) is 30.4 Å². The van der Waals surface area contributed by atoms with E-state index in [1.165, 1.54) is 30.0 Å². The first-order valence-corrected chi connectivity index (χ1v) is 8.38. The summed E-state index contributed by atoms with van der Waals surface area (Å²) in [6.07, 6.45) is -9.53. The Balaban J connectivity index is 1.90. The van der Waals surface area contributed by atoms with E-state index in [9.17, 15) is 35.9 Å². The summed E-state index contributed by atoms with van der Waals surface area (Å²) < 4.78 is 77.6. The fourth-order valence-corrected chi connectivity index (χ4v) is 3.10. The molecule has 0 atom stereocenters. The maximum Gasteiger partial charge on any atom is 0.416 e. The zero-order valence-corrected chi connectivity index (χ0v) is 14.9. The second-order valence-corrected chi connectivity index (χ2v) is 6.51. The van der Waals surface area contributed by atoms with Gasteiger partial charge in [-0.3, -0.25) is 9.59 Å². The quantitative estimate of drug-likeness (QED) is 0.709. The van der Waals surface area contributed by atoms with Crippen molar-refractivity contribution in [2.75, 3.05) is 16.8 Å². The average molecular weight is 416 g/mol. The Labute approximate surface area is 161 Å². The van der Waals surface area contributed by atoms with Crippen LogP contribution in [-0.4, -0.2) is 18.4 Å². The van der Waals surface area contributed by atoms with Crippen molar-refractivity contribution in [1.29, 1.82) is 0 Å². The highest BCUT2D eigenvalue weighted by atomic mass is 19.4. The number of alkyl halides is 6. The number of nitrogens with zero attached hydrogens (tertiary/aromatic N) is 1. The van der Waals surface area contributed by atoms with Gasteiger partial charge in [-0.15, -0.1) is 0 Å². The summed E-state index contributed by atoms with van der Waals surface area (Å²) in [7, 11) is 0. The van der Waals surface area contributed by atoms with Gasteiger partial charge in [-0.1, -0.05) is 0 Å². The molecule has 0 radical (unpaired) electrons. The van der Waals surface area contributed by atoms with Crippen molar-refractivity contribution < 1.29 is 35.9 Å². The maximum absolute atomic E-state index is 12.9. The lowest BCUT2D eigenvalue weighted by atomic mass is 10.1. The van der Waals surface area contributed by atoms with Gasteiger partial charge in [-0.25, -0.2) is 0 Å². The minimum absolute atomic E-state index is 0.0125. The first-order chi connectivity index (χ1) is 13.4. The summed E-state index contributed by atoms with van der Waals surface area (Å²) in [5.74, 6) is -1.04. The molecule has 0 fully saturated rings. The molecule has 0 unspecified atom stereocenters. The molecule has 1 heterocycles. The molecule has 0 spiro atoms. The maximum atomic E-state index is 12.9. The predicted octanol–water partition coefficient (Wildman–Crippen LogP) is 4.89. The van der Waals surface area contributed by atoms with E-state index < -0.39 is 35.1 Å². The highest BCUT2D eigenvalue weighted by Gasteiger charge is 2.37. The summed E-state index contributed by atoms with van der Waals surface area (Å²) in [6, 6.07) is 5.21. The van der Waals surface area contributed by atoms with Crippen LogP contribution in [0.3, 0.4) is 0 Å². The molecule has 2 amide bonds. The standard InChI is InChI=1S/C19H14F6N2O2/c1-10(28)27-5-4-11-6-12(2-3-16(11)27)17(29)26-15-8-13(18(20,21)22)7-14(9-15)19(23,24)25/h2-3,6-9H,4-5H2,1H3,(H,26,29). The third-order valence-electron chi connectivity index (χ3n) is 4.46. The first kappa shape index (κ1) is 20.7. The minimum Gasteiger partial charge on any atom is -0.322 e. The molecule has 0 aliphatic carbocycles. The first-order valence-electron chi connectivity index (χ1n) is 8.38. The molecule has 1 N–H and O–H groups in total. The Morgan fingerprint density at radius 2 is 1.52 bits per heavy atom. The van der Waals surface area contributed by atoms with Crippen molar-refractivity contribution in [2.45, 2.75) is 25.7 Å². The smallest absolute Gasteiger partial charge is 0.322 e. The van der Waals surface area contributed by atoms with E-state index in [-0.39, 0.29) is 17.5 Å². The Bertz CT molecular complexity index is 949. The lowest BCUT2D eigenvalue weighted by Gasteiger charge is -2.16. The molecule has 0 aromatic heterocycles. The zero-order valence-electron chi connectivity index (χ0n) is 14.9. The molecule has 4 nitrogen and oxygen atoms in total. The van der Waals surface area contributed by atoms with Crippen molar-refractivity contribution in [1.82, 2.24) is 0 Å². The molecule has 0 saturated heterocycles. The second-order valence-electron chi connectivity index (χ2n) is 6.51. The molecule has 2 aromatic rings. The molecule has 0 bridgehead atoms. The molecular weight excluding hydrogens is 402 g/mol. The van der Waals surface area contributed by atoms with Crippen LogP contribution < -0.4 is 10.2 Å². The summed E-state index contributed by atoms with van der Waals surface area (Å²) in [5, 5.41) is 2.09. The van der Waals surface area contributed by atoms with Crippen LogP contribution in [0.4, 0.5) is 37.7 Å². The average Bonchev–Trinajstić information content (AvgIpc) is 3.03. The Morgan fingerprint density at radius 1 is 0.931 bits per heavy atom. The number of hydrogen-bond donors (Lipinski definition) is 1. The van der Waals surface area contributed by atoms with Crippen LogP contribution in [0.2, 0.25) is 0 Å². The van der Waals surface area contributed by atoms with Crippen LogP contribution in [0, 0.1) is 0 Å². The number of amides is 2. The normalized spacial score (nSPS) is 14.0. The summed E-state index contributed by atoms with van der Waals surface area (Å²) in [4.78, 5) is 25.5. The summed E-state index contributed by atoms with van der Waals surface area (Å²) in [5.41, 5.74) is -2.30. The Hall–Kier alpha value is -3.04. The topological polar surface area (TPSA) is 49.4 Å². The predicted molar refractivity (Wildman–Crippen MR) is 92.6 cm³/mol. The molecule has 10 heteroatoms. The van der Waals surface area contributed by atoms with Gasteiger partial charge in [0.05, 0.1) is 11.1 Å². The molecular formula is C19H14F6N2O2. The lowest BCUT2D eigenvalue weighted by molar-refractivity contribution is -0.143. The highest BCUT2D eigenvalue weighted by molar-refractivity contribution is 6.05. The number of benzene rings is 2. The van der Waals surface area contributed by atoms with Gasteiger partial charge in [-0.2, -0.15) is 26.3 Å². The van der Waals surface area contributed by atoms with E-state index in [1.807, 2.05) is 0 Å². The van der Waals surface area contributed by atoms with Crippen LogP contribution in [0.1, 0.15) is 34.0 Å². The van der Waals surface area contributed by atoms with Crippen LogP contribution in [0.5, 0.6) is 0 Å². The van der Waals surface area contributed by atoms with E-state index in [0.29, 0.717) is 36.3 Å². The molecule has 2 aromatic carbocycles. The molecule has 29 heavy (non-hydrogen) atoms. The van der Waals surface area contributed by atoms with E-state index in [2.05, 4.69) is 5.32 Å². The number of carbonyl (C=O) groups excluding carboxylic acids is 2. The van der Waals surface area contributed by atoms with Gasteiger partial charge in [0.2, 0.25) is 5.91 Å². The largest absolute Gasteiger partial charge is 0.416 e. The van der Waals surface area contributed by atoms with Gasteiger partial charge in [0.1, 0.15) is 0 Å². The van der Waals surface area contributed by atoms with Crippen molar-refractivity contribution >= 4 is 23.2 Å². The Kier molecular flexibility index (Phi) is 5.06. The van der Waals surface area contributed by atoms with Gasteiger partial charge in [-0.05, 0) is 48.4 Å². The van der Waals surface area contributed by atoms with Crippen LogP contribution in [-0.2, 0) is 23.6 Å². The van der Waals surface area contributed by atoms with Crippen LogP contribution in [0.25, 0.3) is 0 Å². The number of halogens is 6. The fraction of sp³-hybridized carbons (Fsp3) is 0.263. The number of nitrogens with one attached hydrogen (secondary N) is 1. The van der Waals surface area contributed by atoms with Gasteiger partial charge >= 0.3 is 12.4 Å². The van der Waals surface area contributed by atoms with Crippen molar-refractivity contribution in [3.05, 3.63) is 58.7 Å². The lowest BCUT2D eigenvalue weighted by Crippen LogP contribution is -2.25. The van der Waals surface area contributed by atoms with Crippen molar-refractivity contribution in [3.8, 4) is 0 Å². The number of rotatable bonds is 2. The van der Waals surface area contributed by atoms with E-state index in [4.69, 9.17) is 0 Å². The van der Waals surface area contributed by atoms with Crippen molar-refractivity contribution in [3.63, 3.8) is 0 Å². The SMILES string of the molecule is CC(=O)N1CCc2cc(C(=O)Nc3cc(C(F)(F)F)cc(C(F)(F)F)c3)ccc21. The minimum atomic E-state index is -5.01. The summed E-state index contributed by atoms with van der Waals surface area (Å²) >= 11 is 0. The van der Waals surface area contributed by atoms with Gasteiger partial charge in [0.25, 0.3) is 5.91 Å². The van der Waals surface area contributed by atoms with E-state index in [0.717, 1.165) is 0 Å². The molecule has 1 aliphatic rings. The Morgan fingerprint density at radius 3 is 2.03 bits per heavy atom. The second kappa shape index (κ2) is 7.09. The fourth-order valence-electron chi connectivity index (χ4n) is 3.10. The zero-order chi connectivity index (χ0) is 21.6. The van der Waals surface area contributed by atoms with Gasteiger partial charge < -0.3 is 10.2 Å². The molecule has 154 valence electrons.